The quantitative estimate of drug-likeness (QED) is 0.726. The molecule has 0 aliphatic rings. The molecule has 0 radical (unpaired) electrons. The molecule has 0 unspecified atom stereocenters. The number of aryl methyl sites for hydroxylation is 1. The summed E-state index contributed by atoms with van der Waals surface area (Å²) in [5.74, 6) is 0. The van der Waals surface area contributed by atoms with E-state index >= 15 is 0 Å². The molecule has 0 aliphatic carbocycles. The highest BCUT2D eigenvalue weighted by Crippen LogP contribution is 2.14. The third-order valence-electron chi connectivity index (χ3n) is 3.24. The van der Waals surface area contributed by atoms with E-state index in [1.54, 1.807) is 6.07 Å². The molecule has 0 fully saturated rings. The third kappa shape index (κ3) is 1.89. The van der Waals surface area contributed by atoms with E-state index in [9.17, 15) is 9.59 Å². The van der Waals surface area contributed by atoms with E-state index in [0.717, 1.165) is 11.3 Å². The topological polar surface area (TPSA) is 70.7 Å². The molecular weight excluding hydrogens is 242 g/mol. The lowest BCUT2D eigenvalue weighted by atomic mass is 10.2. The van der Waals surface area contributed by atoms with Gasteiger partial charge in [0.25, 0.3) is 11.1 Å². The van der Waals surface area contributed by atoms with Crippen LogP contribution in [0.15, 0.2) is 46.0 Å². The third-order valence-corrected chi connectivity index (χ3v) is 3.24. The average molecular weight is 255 g/mol. The molecule has 0 amide bonds. The normalized spacial score (nSPS) is 11.0. The summed E-state index contributed by atoms with van der Waals surface area (Å²) in [4.78, 5) is 23.6. The molecular formula is C14H13N3O2. The van der Waals surface area contributed by atoms with Crippen molar-refractivity contribution in [2.75, 3.05) is 0 Å². The Balaban J connectivity index is 2.24. The molecule has 0 atom stereocenters. The van der Waals surface area contributed by atoms with Gasteiger partial charge in [-0.1, -0.05) is 30.3 Å². The maximum absolute atomic E-state index is 11.9. The number of benzene rings is 1. The maximum atomic E-state index is 11.9. The van der Waals surface area contributed by atoms with Gasteiger partial charge in [0.2, 0.25) is 0 Å². The molecule has 2 aromatic heterocycles. The summed E-state index contributed by atoms with van der Waals surface area (Å²) in [6.45, 7) is 2.46. The highest BCUT2D eigenvalue weighted by atomic mass is 16.1. The molecule has 19 heavy (non-hydrogen) atoms. The van der Waals surface area contributed by atoms with Gasteiger partial charge in [-0.15, -0.1) is 0 Å². The minimum atomic E-state index is -0.279. The molecule has 3 rings (SSSR count). The monoisotopic (exact) mass is 255 g/mol. The first-order chi connectivity index (χ1) is 9.16. The molecule has 2 N–H and O–H groups in total. The summed E-state index contributed by atoms with van der Waals surface area (Å²) >= 11 is 0. The Bertz CT molecular complexity index is 840. The van der Waals surface area contributed by atoms with Crippen LogP contribution in [0.4, 0.5) is 0 Å². The van der Waals surface area contributed by atoms with Gasteiger partial charge in [-0.3, -0.25) is 19.8 Å². The largest absolute Gasteiger partial charge is 0.336 e. The number of hydrogen-bond donors (Lipinski definition) is 2. The van der Waals surface area contributed by atoms with Crippen molar-refractivity contribution >= 4 is 10.9 Å². The number of H-pyrrole nitrogens is 2. The van der Waals surface area contributed by atoms with Gasteiger partial charge >= 0.3 is 0 Å². The minimum Gasteiger partial charge on any atom is -0.336 e. The minimum absolute atomic E-state index is 0.274. The van der Waals surface area contributed by atoms with Crippen LogP contribution < -0.4 is 11.1 Å². The van der Waals surface area contributed by atoms with Crippen molar-refractivity contribution < 1.29 is 0 Å². The van der Waals surface area contributed by atoms with Crippen LogP contribution in [0.25, 0.3) is 10.9 Å². The lowest BCUT2D eigenvalue weighted by molar-refractivity contribution is 0.796. The fourth-order valence-corrected chi connectivity index (χ4v) is 2.30. The maximum Gasteiger partial charge on any atom is 0.287 e. The molecule has 0 aliphatic heterocycles. The zero-order chi connectivity index (χ0) is 13.4. The SMILES string of the molecule is Cc1cc2c(=O)[nH][nH]c(=O)c2n1Cc1ccccc1. The number of rotatable bonds is 2. The second kappa shape index (κ2) is 4.28. The van der Waals surface area contributed by atoms with E-state index in [0.29, 0.717) is 17.4 Å². The van der Waals surface area contributed by atoms with Crippen molar-refractivity contribution in [2.24, 2.45) is 0 Å². The first kappa shape index (κ1) is 11.5. The van der Waals surface area contributed by atoms with Crippen LogP contribution in [0, 0.1) is 6.92 Å². The van der Waals surface area contributed by atoms with Gasteiger partial charge < -0.3 is 4.57 Å². The predicted molar refractivity (Wildman–Crippen MR) is 73.5 cm³/mol. The average Bonchev–Trinajstić information content (AvgIpc) is 2.74. The molecule has 5 heteroatoms. The molecule has 0 saturated carbocycles. The van der Waals surface area contributed by atoms with Gasteiger partial charge in [-0.25, -0.2) is 0 Å². The van der Waals surface area contributed by atoms with Crippen LogP contribution in [0.1, 0.15) is 11.3 Å². The number of fused-ring (bicyclic) bond motifs is 1. The van der Waals surface area contributed by atoms with Gasteiger partial charge in [0.1, 0.15) is 5.52 Å². The smallest absolute Gasteiger partial charge is 0.287 e. The molecule has 0 bridgehead atoms. The first-order valence-electron chi connectivity index (χ1n) is 6.01. The van der Waals surface area contributed by atoms with Crippen molar-refractivity contribution in [3.8, 4) is 0 Å². The Morgan fingerprint density at radius 1 is 1.05 bits per heavy atom. The van der Waals surface area contributed by atoms with Crippen molar-refractivity contribution in [1.82, 2.24) is 14.8 Å². The molecule has 3 aromatic rings. The highest BCUT2D eigenvalue weighted by Gasteiger charge is 2.12. The number of nitrogens with zero attached hydrogens (tertiary/aromatic N) is 1. The Morgan fingerprint density at radius 2 is 1.74 bits per heavy atom. The second-order valence-corrected chi connectivity index (χ2v) is 4.53. The Labute approximate surface area is 108 Å². The molecule has 2 heterocycles. The Morgan fingerprint density at radius 3 is 2.47 bits per heavy atom. The number of aromatic nitrogens is 3. The van der Waals surface area contributed by atoms with Crippen LogP contribution in [0.5, 0.6) is 0 Å². The number of aromatic amines is 2. The molecule has 0 saturated heterocycles. The van der Waals surface area contributed by atoms with Crippen LogP contribution in [-0.2, 0) is 6.54 Å². The predicted octanol–water partition coefficient (Wildman–Crippen LogP) is 1.37. The molecule has 96 valence electrons. The Kier molecular flexibility index (Phi) is 2.59. The van der Waals surface area contributed by atoms with E-state index in [1.165, 1.54) is 0 Å². The van der Waals surface area contributed by atoms with E-state index < -0.39 is 0 Å². The zero-order valence-corrected chi connectivity index (χ0v) is 10.4. The van der Waals surface area contributed by atoms with Crippen LogP contribution >= 0.6 is 0 Å². The van der Waals surface area contributed by atoms with Gasteiger partial charge in [-0.05, 0) is 18.6 Å². The van der Waals surface area contributed by atoms with E-state index in [1.807, 2.05) is 41.8 Å². The van der Waals surface area contributed by atoms with Crippen LogP contribution in [-0.4, -0.2) is 14.8 Å². The van der Waals surface area contributed by atoms with Gasteiger partial charge in [0.05, 0.1) is 5.39 Å². The highest BCUT2D eigenvalue weighted by molar-refractivity contribution is 5.79. The summed E-state index contributed by atoms with van der Waals surface area (Å²) in [7, 11) is 0. The van der Waals surface area contributed by atoms with Crippen molar-refractivity contribution in [3.05, 3.63) is 68.4 Å². The van der Waals surface area contributed by atoms with Crippen molar-refractivity contribution in [1.29, 1.82) is 0 Å². The summed E-state index contributed by atoms with van der Waals surface area (Å²) < 4.78 is 1.86. The van der Waals surface area contributed by atoms with E-state index in [2.05, 4.69) is 10.2 Å². The zero-order valence-electron chi connectivity index (χ0n) is 10.4. The Hall–Kier alpha value is -2.56. The van der Waals surface area contributed by atoms with Gasteiger partial charge in [0.15, 0.2) is 0 Å². The van der Waals surface area contributed by atoms with E-state index in [4.69, 9.17) is 0 Å². The summed E-state index contributed by atoms with van der Waals surface area (Å²) in [5.41, 5.74) is 1.84. The van der Waals surface area contributed by atoms with Crippen molar-refractivity contribution in [2.45, 2.75) is 13.5 Å². The fraction of sp³-hybridized carbons (Fsp3) is 0.143. The fourth-order valence-electron chi connectivity index (χ4n) is 2.30. The van der Waals surface area contributed by atoms with Gasteiger partial charge in [-0.2, -0.15) is 0 Å². The molecule has 5 nitrogen and oxygen atoms in total. The standard InChI is InChI=1S/C14H13N3O2/c1-9-7-11-12(14(19)16-15-13(11)18)17(9)8-10-5-3-2-4-6-10/h2-7H,8H2,1H3,(H,15,18)(H,16,19). The van der Waals surface area contributed by atoms with Crippen LogP contribution in [0.2, 0.25) is 0 Å². The summed E-state index contributed by atoms with van der Waals surface area (Å²) in [6, 6.07) is 11.6. The van der Waals surface area contributed by atoms with Gasteiger partial charge in [0, 0.05) is 12.2 Å². The molecule has 0 spiro atoms. The second-order valence-electron chi connectivity index (χ2n) is 4.53. The van der Waals surface area contributed by atoms with E-state index in [-0.39, 0.29) is 11.1 Å². The summed E-state index contributed by atoms with van der Waals surface area (Å²) in [5, 5.41) is 5.14. The number of hydrogen-bond acceptors (Lipinski definition) is 2. The first-order valence-corrected chi connectivity index (χ1v) is 6.01. The molecule has 1 aromatic carbocycles. The van der Waals surface area contributed by atoms with Crippen molar-refractivity contribution in [3.63, 3.8) is 0 Å². The number of nitrogens with one attached hydrogen (secondary N) is 2. The summed E-state index contributed by atoms with van der Waals surface area (Å²) in [6.07, 6.45) is 0. The van der Waals surface area contributed by atoms with Crippen LogP contribution in [0.3, 0.4) is 0 Å². The lowest BCUT2D eigenvalue weighted by Gasteiger charge is -2.07. The lowest BCUT2D eigenvalue weighted by Crippen LogP contribution is -2.20.